The lowest BCUT2D eigenvalue weighted by Gasteiger charge is -2.17. The summed E-state index contributed by atoms with van der Waals surface area (Å²) >= 11 is 1.65. The average Bonchev–Trinajstić information content (AvgIpc) is 2.87. The summed E-state index contributed by atoms with van der Waals surface area (Å²) in [4.78, 5) is 0. The summed E-state index contributed by atoms with van der Waals surface area (Å²) in [6.45, 7) is -0.276. The molecule has 1 heterocycles. The van der Waals surface area contributed by atoms with Gasteiger partial charge in [-0.25, -0.2) is 8.78 Å². The third-order valence-corrected chi connectivity index (χ3v) is 3.86. The molecule has 0 radical (unpaired) electrons. The molecule has 0 aliphatic heterocycles. The van der Waals surface area contributed by atoms with E-state index in [2.05, 4.69) is 5.43 Å². The average molecular weight is 286 g/mol. The van der Waals surface area contributed by atoms with Crippen LogP contribution in [0.4, 0.5) is 8.78 Å². The van der Waals surface area contributed by atoms with Gasteiger partial charge in [0.2, 0.25) is 0 Å². The lowest BCUT2D eigenvalue weighted by atomic mass is 10.0. The van der Waals surface area contributed by atoms with Crippen molar-refractivity contribution in [3.63, 3.8) is 0 Å². The van der Waals surface area contributed by atoms with Gasteiger partial charge in [-0.3, -0.25) is 11.3 Å². The number of halogens is 2. The second-order valence-electron chi connectivity index (χ2n) is 4.16. The van der Waals surface area contributed by atoms with Crippen molar-refractivity contribution < 1.29 is 13.5 Å². The summed E-state index contributed by atoms with van der Waals surface area (Å²) < 4.78 is 30.0. The number of nitrogens with two attached hydrogens (primary N) is 1. The van der Waals surface area contributed by atoms with Crippen molar-refractivity contribution in [2.45, 2.75) is 18.9 Å². The van der Waals surface area contributed by atoms with Crippen LogP contribution in [0, 0.1) is 0 Å². The summed E-state index contributed by atoms with van der Waals surface area (Å²) in [5.74, 6) is 5.56. The largest absolute Gasteiger partial charge is 0.375 e. The number of hydrogen-bond acceptors (Lipinski definition) is 4. The molecule has 1 aromatic carbocycles. The SMILES string of the molecule is NNC(CCOCC(F)F)c1cccc2ccsc12. The van der Waals surface area contributed by atoms with Crippen LogP contribution in [0.5, 0.6) is 0 Å². The lowest BCUT2D eigenvalue weighted by molar-refractivity contribution is 0.0144. The fourth-order valence-corrected chi connectivity index (χ4v) is 2.96. The number of rotatable bonds is 7. The molecule has 0 aliphatic rings. The van der Waals surface area contributed by atoms with Crippen molar-refractivity contribution in [2.75, 3.05) is 13.2 Å². The Morgan fingerprint density at radius 2 is 2.16 bits per heavy atom. The maximum Gasteiger partial charge on any atom is 0.261 e. The fraction of sp³-hybridized carbons (Fsp3) is 0.385. The molecule has 6 heteroatoms. The number of ether oxygens (including phenoxy) is 1. The van der Waals surface area contributed by atoms with Crippen molar-refractivity contribution >= 4 is 21.4 Å². The maximum absolute atomic E-state index is 12.0. The molecule has 0 aliphatic carbocycles. The summed E-state index contributed by atoms with van der Waals surface area (Å²) in [6.07, 6.45) is -1.87. The number of thiophene rings is 1. The second-order valence-corrected chi connectivity index (χ2v) is 5.08. The van der Waals surface area contributed by atoms with Crippen molar-refractivity contribution in [3.05, 3.63) is 35.2 Å². The van der Waals surface area contributed by atoms with E-state index in [4.69, 9.17) is 10.6 Å². The van der Waals surface area contributed by atoms with Crippen molar-refractivity contribution in [1.82, 2.24) is 5.43 Å². The number of fused-ring (bicyclic) bond motifs is 1. The maximum atomic E-state index is 12.0. The van der Waals surface area contributed by atoms with Crippen LogP contribution < -0.4 is 11.3 Å². The van der Waals surface area contributed by atoms with E-state index in [1.807, 2.05) is 29.6 Å². The molecule has 1 unspecified atom stereocenters. The highest BCUT2D eigenvalue weighted by molar-refractivity contribution is 7.17. The monoisotopic (exact) mass is 286 g/mol. The Bertz CT molecular complexity index is 518. The zero-order chi connectivity index (χ0) is 13.7. The molecule has 0 fully saturated rings. The number of benzene rings is 1. The highest BCUT2D eigenvalue weighted by Crippen LogP contribution is 2.30. The van der Waals surface area contributed by atoms with Crippen LogP contribution in [-0.4, -0.2) is 19.6 Å². The fourth-order valence-electron chi connectivity index (χ4n) is 1.99. The highest BCUT2D eigenvalue weighted by Gasteiger charge is 2.14. The minimum absolute atomic E-state index is 0.0972. The van der Waals surface area contributed by atoms with Crippen LogP contribution >= 0.6 is 11.3 Å². The molecular weight excluding hydrogens is 270 g/mol. The van der Waals surface area contributed by atoms with Gasteiger partial charge in [0, 0.05) is 17.3 Å². The van der Waals surface area contributed by atoms with Crippen molar-refractivity contribution in [2.24, 2.45) is 5.84 Å². The van der Waals surface area contributed by atoms with Gasteiger partial charge in [0.05, 0.1) is 0 Å². The van der Waals surface area contributed by atoms with Gasteiger partial charge in [-0.05, 0) is 28.8 Å². The normalized spacial score (nSPS) is 13.3. The van der Waals surface area contributed by atoms with E-state index in [0.717, 1.165) is 10.9 Å². The van der Waals surface area contributed by atoms with E-state index in [1.54, 1.807) is 11.3 Å². The molecule has 0 saturated carbocycles. The van der Waals surface area contributed by atoms with E-state index < -0.39 is 13.0 Å². The smallest absolute Gasteiger partial charge is 0.261 e. The Balaban J connectivity index is 2.03. The molecular formula is C13H16F2N2OS. The molecule has 0 spiro atoms. The Morgan fingerprint density at radius 3 is 2.89 bits per heavy atom. The molecule has 3 nitrogen and oxygen atoms in total. The molecule has 2 aromatic rings. The van der Waals surface area contributed by atoms with E-state index in [1.165, 1.54) is 4.70 Å². The third kappa shape index (κ3) is 3.70. The molecule has 0 saturated heterocycles. The van der Waals surface area contributed by atoms with Gasteiger partial charge in [0.15, 0.2) is 0 Å². The molecule has 3 N–H and O–H groups in total. The standard InChI is InChI=1S/C13H16F2N2OS/c14-12(15)8-18-6-4-11(17-16)10-3-1-2-9-5-7-19-13(9)10/h1-3,5,7,11-12,17H,4,6,8,16H2. The van der Waals surface area contributed by atoms with Gasteiger partial charge in [0.25, 0.3) is 6.43 Å². The number of hydrazine groups is 1. The Labute approximate surface area is 114 Å². The van der Waals surface area contributed by atoms with Crippen molar-refractivity contribution in [1.29, 1.82) is 0 Å². The third-order valence-electron chi connectivity index (χ3n) is 2.88. The predicted molar refractivity (Wildman–Crippen MR) is 73.3 cm³/mol. The summed E-state index contributed by atoms with van der Waals surface area (Å²) in [5, 5.41) is 3.19. The summed E-state index contributed by atoms with van der Waals surface area (Å²) in [6, 6.07) is 7.95. The van der Waals surface area contributed by atoms with Crippen molar-refractivity contribution in [3.8, 4) is 0 Å². The Hall–Kier alpha value is -1.08. The zero-order valence-corrected chi connectivity index (χ0v) is 11.1. The van der Waals surface area contributed by atoms with Crippen LogP contribution in [-0.2, 0) is 4.74 Å². The molecule has 0 amide bonds. The van der Waals surface area contributed by atoms with Gasteiger partial charge in [-0.1, -0.05) is 18.2 Å². The van der Waals surface area contributed by atoms with Crippen LogP contribution in [0.1, 0.15) is 18.0 Å². The molecule has 19 heavy (non-hydrogen) atoms. The van der Waals surface area contributed by atoms with Gasteiger partial charge < -0.3 is 4.74 Å². The minimum atomic E-state index is -2.43. The van der Waals surface area contributed by atoms with Crippen LogP contribution in [0.15, 0.2) is 29.6 Å². The number of nitrogens with one attached hydrogen (secondary N) is 1. The van der Waals surface area contributed by atoms with Crippen LogP contribution in [0.25, 0.3) is 10.1 Å². The highest BCUT2D eigenvalue weighted by atomic mass is 32.1. The zero-order valence-electron chi connectivity index (χ0n) is 10.3. The first-order valence-corrected chi connectivity index (χ1v) is 6.88. The molecule has 104 valence electrons. The quantitative estimate of drug-likeness (QED) is 0.467. The predicted octanol–water partition coefficient (Wildman–Crippen LogP) is 3.08. The first kappa shape index (κ1) is 14.3. The minimum Gasteiger partial charge on any atom is -0.375 e. The van der Waals surface area contributed by atoms with E-state index in [9.17, 15) is 8.78 Å². The van der Waals surface area contributed by atoms with E-state index in [0.29, 0.717) is 6.42 Å². The van der Waals surface area contributed by atoms with Crippen LogP contribution in [0.3, 0.4) is 0 Å². The first-order chi connectivity index (χ1) is 9.22. The van der Waals surface area contributed by atoms with E-state index in [-0.39, 0.29) is 12.6 Å². The van der Waals surface area contributed by atoms with Gasteiger partial charge in [-0.2, -0.15) is 0 Å². The number of alkyl halides is 2. The Kier molecular flexibility index (Phi) is 5.21. The van der Waals surface area contributed by atoms with E-state index >= 15 is 0 Å². The molecule has 1 aromatic heterocycles. The summed E-state index contributed by atoms with van der Waals surface area (Å²) in [5.41, 5.74) is 3.81. The second kappa shape index (κ2) is 6.91. The van der Waals surface area contributed by atoms with Gasteiger partial charge >= 0.3 is 0 Å². The first-order valence-electron chi connectivity index (χ1n) is 6.00. The molecule has 1 atom stereocenters. The topological polar surface area (TPSA) is 47.3 Å². The number of hydrogen-bond donors (Lipinski definition) is 2. The Morgan fingerprint density at radius 1 is 1.32 bits per heavy atom. The molecule has 2 rings (SSSR count). The van der Waals surface area contributed by atoms with Gasteiger partial charge in [-0.15, -0.1) is 11.3 Å². The summed E-state index contributed by atoms with van der Waals surface area (Å²) in [7, 11) is 0. The van der Waals surface area contributed by atoms with Crippen LogP contribution in [0.2, 0.25) is 0 Å². The van der Waals surface area contributed by atoms with Gasteiger partial charge in [0.1, 0.15) is 6.61 Å². The molecule has 0 bridgehead atoms. The lowest BCUT2D eigenvalue weighted by Crippen LogP contribution is -2.29.